The van der Waals surface area contributed by atoms with E-state index >= 15 is 0 Å². The molecule has 0 radical (unpaired) electrons. The van der Waals surface area contributed by atoms with Crippen molar-refractivity contribution in [2.75, 3.05) is 5.73 Å². The van der Waals surface area contributed by atoms with Crippen LogP contribution in [-0.4, -0.2) is 25.9 Å². The fourth-order valence-electron chi connectivity index (χ4n) is 2.12. The van der Waals surface area contributed by atoms with Gasteiger partial charge in [-0.3, -0.25) is 14.6 Å². The van der Waals surface area contributed by atoms with Crippen molar-refractivity contribution < 1.29 is 4.79 Å². The second kappa shape index (κ2) is 5.77. The molecule has 2 heterocycles. The second-order valence-electron chi connectivity index (χ2n) is 4.63. The first-order valence-electron chi connectivity index (χ1n) is 6.69. The van der Waals surface area contributed by atoms with Crippen LogP contribution in [0.4, 0.5) is 5.69 Å². The molecular formula is C13H20N6O. The molecule has 20 heavy (non-hydrogen) atoms. The van der Waals surface area contributed by atoms with E-state index in [4.69, 9.17) is 5.73 Å². The van der Waals surface area contributed by atoms with Crippen LogP contribution < -0.4 is 11.1 Å². The number of hydrogen-bond donors (Lipinski definition) is 3. The lowest BCUT2D eigenvalue weighted by Crippen LogP contribution is -2.24. The molecule has 2 aromatic rings. The molecule has 108 valence electrons. The molecule has 0 aliphatic heterocycles. The average molecular weight is 276 g/mol. The zero-order valence-corrected chi connectivity index (χ0v) is 12.0. The molecule has 0 spiro atoms. The minimum absolute atomic E-state index is 0.254. The van der Waals surface area contributed by atoms with Crippen LogP contribution in [-0.2, 0) is 26.4 Å². The summed E-state index contributed by atoms with van der Waals surface area (Å²) in [4.78, 5) is 12.1. The Morgan fingerprint density at radius 1 is 1.45 bits per heavy atom. The van der Waals surface area contributed by atoms with E-state index in [-0.39, 0.29) is 11.6 Å². The zero-order chi connectivity index (χ0) is 14.7. The molecule has 2 rings (SSSR count). The van der Waals surface area contributed by atoms with Crippen molar-refractivity contribution in [3.05, 3.63) is 28.8 Å². The Labute approximate surface area is 117 Å². The van der Waals surface area contributed by atoms with Crippen LogP contribution in [0.1, 0.15) is 41.3 Å². The standard InChI is InChI=1S/C13H20N6O/c1-4-9-8(7-19(3)18-9)6-15-13(20)12-11(14)10(5-2)16-17-12/h7H,4-6,14H2,1-3H3,(H,15,20)(H,16,17). The molecule has 0 aliphatic carbocycles. The smallest absolute Gasteiger partial charge is 0.274 e. The highest BCUT2D eigenvalue weighted by atomic mass is 16.1. The van der Waals surface area contributed by atoms with Crippen molar-refractivity contribution in [1.82, 2.24) is 25.3 Å². The van der Waals surface area contributed by atoms with Crippen LogP contribution in [0.5, 0.6) is 0 Å². The van der Waals surface area contributed by atoms with E-state index in [1.165, 1.54) is 0 Å². The number of amides is 1. The third kappa shape index (κ3) is 2.66. The number of nitrogens with two attached hydrogens (primary N) is 1. The maximum atomic E-state index is 12.1. The van der Waals surface area contributed by atoms with Gasteiger partial charge < -0.3 is 11.1 Å². The van der Waals surface area contributed by atoms with E-state index in [1.54, 1.807) is 4.68 Å². The topological polar surface area (TPSA) is 102 Å². The first-order valence-corrected chi connectivity index (χ1v) is 6.69. The normalized spacial score (nSPS) is 10.8. The van der Waals surface area contributed by atoms with Crippen molar-refractivity contribution in [2.24, 2.45) is 7.05 Å². The Balaban J connectivity index is 2.06. The van der Waals surface area contributed by atoms with Crippen molar-refractivity contribution >= 4 is 11.6 Å². The zero-order valence-electron chi connectivity index (χ0n) is 12.0. The van der Waals surface area contributed by atoms with Gasteiger partial charge in [-0.15, -0.1) is 0 Å². The van der Waals surface area contributed by atoms with Gasteiger partial charge in [0.25, 0.3) is 5.91 Å². The average Bonchev–Trinajstić information content (AvgIpc) is 2.98. The Kier molecular flexibility index (Phi) is 4.07. The third-order valence-electron chi connectivity index (χ3n) is 3.22. The number of H-pyrrole nitrogens is 1. The summed E-state index contributed by atoms with van der Waals surface area (Å²) in [6, 6.07) is 0. The van der Waals surface area contributed by atoms with Crippen molar-refractivity contribution in [2.45, 2.75) is 33.2 Å². The number of hydrogen-bond acceptors (Lipinski definition) is 4. The lowest BCUT2D eigenvalue weighted by molar-refractivity contribution is 0.0946. The van der Waals surface area contributed by atoms with Crippen LogP contribution in [0.3, 0.4) is 0 Å². The predicted molar refractivity (Wildman–Crippen MR) is 76.1 cm³/mol. The molecule has 7 heteroatoms. The van der Waals surface area contributed by atoms with E-state index in [1.807, 2.05) is 27.1 Å². The minimum atomic E-state index is -0.274. The van der Waals surface area contributed by atoms with Crippen LogP contribution in [0.15, 0.2) is 6.20 Å². The number of rotatable bonds is 5. The van der Waals surface area contributed by atoms with Crippen LogP contribution in [0.2, 0.25) is 0 Å². The number of nitrogens with one attached hydrogen (secondary N) is 2. The lowest BCUT2D eigenvalue weighted by atomic mass is 10.2. The lowest BCUT2D eigenvalue weighted by Gasteiger charge is -2.03. The molecule has 0 bridgehead atoms. The molecule has 0 atom stereocenters. The Morgan fingerprint density at radius 3 is 2.80 bits per heavy atom. The summed E-state index contributed by atoms with van der Waals surface area (Å²) in [5, 5.41) is 13.9. The summed E-state index contributed by atoms with van der Waals surface area (Å²) < 4.78 is 1.75. The number of carbonyl (C=O) groups is 1. The molecule has 4 N–H and O–H groups in total. The van der Waals surface area contributed by atoms with Crippen molar-refractivity contribution in [3.63, 3.8) is 0 Å². The molecule has 0 saturated heterocycles. The highest BCUT2D eigenvalue weighted by molar-refractivity contribution is 5.97. The molecule has 0 aromatic carbocycles. The fraction of sp³-hybridized carbons (Fsp3) is 0.462. The molecular weight excluding hydrogens is 256 g/mol. The van der Waals surface area contributed by atoms with Crippen LogP contribution in [0.25, 0.3) is 0 Å². The van der Waals surface area contributed by atoms with Gasteiger partial charge in [0.2, 0.25) is 0 Å². The van der Waals surface area contributed by atoms with Gasteiger partial charge in [-0.1, -0.05) is 13.8 Å². The summed E-state index contributed by atoms with van der Waals surface area (Å²) in [6.45, 7) is 4.41. The predicted octanol–water partition coefficient (Wildman–Crippen LogP) is 0.780. The maximum Gasteiger partial charge on any atom is 0.274 e. The van der Waals surface area contributed by atoms with E-state index in [0.717, 1.165) is 23.4 Å². The number of aromatic amines is 1. The van der Waals surface area contributed by atoms with Gasteiger partial charge in [-0.25, -0.2) is 0 Å². The van der Waals surface area contributed by atoms with Crippen LogP contribution >= 0.6 is 0 Å². The third-order valence-corrected chi connectivity index (χ3v) is 3.22. The minimum Gasteiger partial charge on any atom is -0.395 e. The first kappa shape index (κ1) is 14.1. The van der Waals surface area contributed by atoms with E-state index < -0.39 is 0 Å². The number of anilines is 1. The van der Waals surface area contributed by atoms with Gasteiger partial charge in [-0.2, -0.15) is 10.2 Å². The number of nitrogen functional groups attached to an aromatic ring is 1. The first-order chi connectivity index (χ1) is 9.56. The second-order valence-corrected chi connectivity index (χ2v) is 4.63. The number of aryl methyl sites for hydroxylation is 3. The molecule has 7 nitrogen and oxygen atoms in total. The van der Waals surface area contributed by atoms with Crippen molar-refractivity contribution in [1.29, 1.82) is 0 Å². The SMILES string of the molecule is CCc1nn(C)cc1CNC(=O)c1n[nH]c(CC)c1N. The van der Waals surface area contributed by atoms with Gasteiger partial charge in [0.15, 0.2) is 5.69 Å². The monoisotopic (exact) mass is 276 g/mol. The highest BCUT2D eigenvalue weighted by Gasteiger charge is 2.16. The molecule has 0 aliphatic rings. The number of carbonyl (C=O) groups excluding carboxylic acids is 1. The Hall–Kier alpha value is -2.31. The van der Waals surface area contributed by atoms with Gasteiger partial charge in [0.05, 0.1) is 17.1 Å². The molecule has 2 aromatic heterocycles. The summed E-state index contributed by atoms with van der Waals surface area (Å²) in [5.74, 6) is -0.274. The maximum absolute atomic E-state index is 12.1. The highest BCUT2D eigenvalue weighted by Crippen LogP contribution is 2.14. The van der Waals surface area contributed by atoms with Crippen molar-refractivity contribution in [3.8, 4) is 0 Å². The van der Waals surface area contributed by atoms with E-state index in [9.17, 15) is 4.79 Å². The molecule has 0 unspecified atom stereocenters. The summed E-state index contributed by atoms with van der Waals surface area (Å²) in [5.41, 5.74) is 9.32. The summed E-state index contributed by atoms with van der Waals surface area (Å²) in [7, 11) is 1.86. The van der Waals surface area contributed by atoms with E-state index in [2.05, 4.69) is 20.6 Å². The van der Waals surface area contributed by atoms with Gasteiger partial charge in [0.1, 0.15) is 0 Å². The summed E-state index contributed by atoms with van der Waals surface area (Å²) >= 11 is 0. The quantitative estimate of drug-likeness (QED) is 0.751. The molecule has 1 amide bonds. The number of aromatic nitrogens is 4. The Bertz CT molecular complexity index is 612. The van der Waals surface area contributed by atoms with Crippen LogP contribution in [0, 0.1) is 0 Å². The van der Waals surface area contributed by atoms with Gasteiger partial charge >= 0.3 is 0 Å². The van der Waals surface area contributed by atoms with Gasteiger partial charge in [0, 0.05) is 25.4 Å². The fourth-order valence-corrected chi connectivity index (χ4v) is 2.12. The van der Waals surface area contributed by atoms with E-state index in [0.29, 0.717) is 18.7 Å². The largest absolute Gasteiger partial charge is 0.395 e. The number of nitrogens with zero attached hydrogens (tertiary/aromatic N) is 3. The molecule has 0 fully saturated rings. The Morgan fingerprint density at radius 2 is 2.20 bits per heavy atom. The van der Waals surface area contributed by atoms with Gasteiger partial charge in [-0.05, 0) is 12.8 Å². The molecule has 0 saturated carbocycles. The summed E-state index contributed by atoms with van der Waals surface area (Å²) in [6.07, 6.45) is 3.45.